The number of carbonyl (C=O) groups is 1. The molecule has 1 saturated heterocycles. The number of hydrogen-bond donors (Lipinski definition) is 2. The Labute approximate surface area is 145 Å². The maximum atomic E-state index is 12.1. The fraction of sp³-hybridized carbons (Fsp3) is 0.588. The molecular weight excluding hydrogens is 335 g/mol. The fourth-order valence-electron chi connectivity index (χ4n) is 2.92. The molecule has 5 nitrogen and oxygen atoms in total. The van der Waals surface area contributed by atoms with Crippen molar-refractivity contribution in [2.75, 3.05) is 31.5 Å². The van der Waals surface area contributed by atoms with Gasteiger partial charge in [0.15, 0.2) is 0 Å². The molecule has 2 N–H and O–H groups in total. The van der Waals surface area contributed by atoms with Crippen LogP contribution in [0.3, 0.4) is 0 Å². The van der Waals surface area contributed by atoms with Crippen molar-refractivity contribution in [1.82, 2.24) is 10.2 Å². The Morgan fingerprint density at radius 2 is 1.88 bits per heavy atom. The minimum absolute atomic E-state index is 0.150. The molecule has 140 valence electrons. The van der Waals surface area contributed by atoms with Crippen molar-refractivity contribution in [3.8, 4) is 0 Å². The number of amides is 1. The van der Waals surface area contributed by atoms with Gasteiger partial charge in [0.2, 0.25) is 5.91 Å². The Bertz CT molecular complexity index is 571. The Balaban J connectivity index is 1.90. The van der Waals surface area contributed by atoms with Gasteiger partial charge in [0, 0.05) is 25.3 Å². The molecular formula is C17H24F3N3O2. The maximum absolute atomic E-state index is 12.1. The minimum atomic E-state index is -4.41. The monoisotopic (exact) mass is 359 g/mol. The number of anilines is 1. The van der Waals surface area contributed by atoms with Gasteiger partial charge in [0.25, 0.3) is 0 Å². The molecule has 1 aliphatic rings. The Morgan fingerprint density at radius 1 is 1.24 bits per heavy atom. The lowest BCUT2D eigenvalue weighted by molar-refractivity contribution is -0.137. The molecule has 0 saturated carbocycles. The summed E-state index contributed by atoms with van der Waals surface area (Å²) in [6.07, 6.45) is -4.11. The van der Waals surface area contributed by atoms with E-state index in [1.165, 1.54) is 0 Å². The van der Waals surface area contributed by atoms with Gasteiger partial charge in [-0.3, -0.25) is 9.69 Å². The van der Waals surface area contributed by atoms with Crippen LogP contribution in [0.15, 0.2) is 24.3 Å². The third-order valence-corrected chi connectivity index (χ3v) is 3.83. The molecule has 0 aromatic heterocycles. The van der Waals surface area contributed by atoms with E-state index >= 15 is 0 Å². The average Bonchev–Trinajstić information content (AvgIpc) is 2.50. The number of nitrogens with zero attached hydrogens (tertiary/aromatic N) is 1. The molecule has 0 bridgehead atoms. The van der Waals surface area contributed by atoms with Crippen molar-refractivity contribution >= 4 is 11.6 Å². The first kappa shape index (κ1) is 19.5. The molecule has 25 heavy (non-hydrogen) atoms. The van der Waals surface area contributed by atoms with Crippen LogP contribution in [0.25, 0.3) is 0 Å². The van der Waals surface area contributed by atoms with E-state index in [1.54, 1.807) is 0 Å². The third-order valence-electron chi connectivity index (χ3n) is 3.83. The summed E-state index contributed by atoms with van der Waals surface area (Å²) in [5, 5.41) is 4.78. The van der Waals surface area contributed by atoms with E-state index in [2.05, 4.69) is 10.2 Å². The molecule has 2 rings (SSSR count). The van der Waals surface area contributed by atoms with Crippen molar-refractivity contribution in [2.24, 2.45) is 0 Å². The second-order valence-electron chi connectivity index (χ2n) is 6.35. The summed E-state index contributed by atoms with van der Waals surface area (Å²) in [5.41, 5.74) is 1.74. The van der Waals surface area contributed by atoms with Crippen LogP contribution in [-0.4, -0.2) is 55.4 Å². The number of halogens is 3. The van der Waals surface area contributed by atoms with Gasteiger partial charge >= 0.3 is 6.18 Å². The van der Waals surface area contributed by atoms with E-state index in [9.17, 15) is 18.0 Å². The van der Waals surface area contributed by atoms with Gasteiger partial charge < -0.3 is 15.4 Å². The molecule has 1 fully saturated rings. The molecule has 8 heteroatoms. The smallest absolute Gasteiger partial charge is 0.376 e. The summed E-state index contributed by atoms with van der Waals surface area (Å²) >= 11 is 0. The largest absolute Gasteiger partial charge is 0.405 e. The van der Waals surface area contributed by atoms with Crippen molar-refractivity contribution in [2.45, 2.75) is 38.8 Å². The normalized spacial score (nSPS) is 21.8. The summed E-state index contributed by atoms with van der Waals surface area (Å²) in [5.74, 6) is -0.694. The summed E-state index contributed by atoms with van der Waals surface area (Å²) < 4.78 is 42.1. The molecule has 1 aliphatic heterocycles. The summed E-state index contributed by atoms with van der Waals surface area (Å²) in [6.45, 7) is 4.83. The van der Waals surface area contributed by atoms with Crippen molar-refractivity contribution in [3.05, 3.63) is 29.8 Å². The molecule has 1 heterocycles. The van der Waals surface area contributed by atoms with Gasteiger partial charge in [-0.25, -0.2) is 0 Å². The van der Waals surface area contributed by atoms with E-state index < -0.39 is 18.6 Å². The molecule has 2 atom stereocenters. The van der Waals surface area contributed by atoms with Crippen molar-refractivity contribution < 1.29 is 22.7 Å². The number of benzene rings is 1. The first-order chi connectivity index (χ1) is 11.7. The highest BCUT2D eigenvalue weighted by atomic mass is 19.4. The number of ether oxygens (including phenoxy) is 1. The zero-order valence-corrected chi connectivity index (χ0v) is 14.4. The highest BCUT2D eigenvalue weighted by molar-refractivity contribution is 5.81. The average molecular weight is 359 g/mol. The number of morpholine rings is 1. The highest BCUT2D eigenvalue weighted by Crippen LogP contribution is 2.20. The number of carbonyl (C=O) groups excluding carboxylic acids is 1. The predicted octanol–water partition coefficient (Wildman–Crippen LogP) is 2.39. The van der Waals surface area contributed by atoms with E-state index in [4.69, 9.17) is 4.74 Å². The van der Waals surface area contributed by atoms with Crippen molar-refractivity contribution in [1.29, 1.82) is 0 Å². The fourth-order valence-corrected chi connectivity index (χ4v) is 2.92. The Morgan fingerprint density at radius 3 is 2.52 bits per heavy atom. The highest BCUT2D eigenvalue weighted by Gasteiger charge is 2.27. The second kappa shape index (κ2) is 8.53. The van der Waals surface area contributed by atoms with E-state index in [0.29, 0.717) is 6.54 Å². The zero-order valence-electron chi connectivity index (χ0n) is 14.4. The molecule has 0 radical (unpaired) electrons. The van der Waals surface area contributed by atoms with Crippen LogP contribution < -0.4 is 10.6 Å². The van der Waals surface area contributed by atoms with Gasteiger partial charge in [-0.05, 0) is 25.5 Å². The number of alkyl halides is 3. The molecule has 0 spiro atoms. The van der Waals surface area contributed by atoms with Crippen LogP contribution in [0, 0.1) is 0 Å². The SMILES string of the molecule is C[C@@H]1CN(Cc2ccccc2NCC(=O)NCC(F)(F)F)C[C@H](C)O1. The van der Waals surface area contributed by atoms with E-state index in [1.807, 2.05) is 43.4 Å². The number of para-hydroxylation sites is 1. The maximum Gasteiger partial charge on any atom is 0.405 e. The Hall–Kier alpha value is -1.80. The first-order valence-electron chi connectivity index (χ1n) is 8.26. The van der Waals surface area contributed by atoms with Crippen LogP contribution in [0.1, 0.15) is 19.4 Å². The molecule has 1 aromatic carbocycles. The lowest BCUT2D eigenvalue weighted by atomic mass is 10.1. The molecule has 0 aliphatic carbocycles. The predicted molar refractivity (Wildman–Crippen MR) is 89.3 cm³/mol. The van der Waals surface area contributed by atoms with Gasteiger partial charge in [-0.15, -0.1) is 0 Å². The molecule has 0 unspecified atom stereocenters. The van der Waals surface area contributed by atoms with Crippen LogP contribution in [0.4, 0.5) is 18.9 Å². The summed E-state index contributed by atoms with van der Waals surface area (Å²) in [7, 11) is 0. The summed E-state index contributed by atoms with van der Waals surface area (Å²) in [4.78, 5) is 13.8. The van der Waals surface area contributed by atoms with Crippen LogP contribution in [0.5, 0.6) is 0 Å². The number of hydrogen-bond acceptors (Lipinski definition) is 4. The lowest BCUT2D eigenvalue weighted by Crippen LogP contribution is -2.44. The lowest BCUT2D eigenvalue weighted by Gasteiger charge is -2.35. The second-order valence-corrected chi connectivity index (χ2v) is 6.35. The van der Waals surface area contributed by atoms with Gasteiger partial charge in [-0.2, -0.15) is 13.2 Å². The summed E-state index contributed by atoms with van der Waals surface area (Å²) in [6, 6.07) is 7.49. The topological polar surface area (TPSA) is 53.6 Å². The minimum Gasteiger partial charge on any atom is -0.376 e. The van der Waals surface area contributed by atoms with Crippen LogP contribution >= 0.6 is 0 Å². The third kappa shape index (κ3) is 6.91. The number of nitrogens with one attached hydrogen (secondary N) is 2. The van der Waals surface area contributed by atoms with Crippen LogP contribution in [0.2, 0.25) is 0 Å². The van der Waals surface area contributed by atoms with Crippen LogP contribution in [-0.2, 0) is 16.1 Å². The van der Waals surface area contributed by atoms with Gasteiger partial charge in [0.1, 0.15) is 6.54 Å². The quantitative estimate of drug-likeness (QED) is 0.819. The van der Waals surface area contributed by atoms with E-state index in [-0.39, 0.29) is 18.8 Å². The molecule has 1 amide bonds. The Kier molecular flexibility index (Phi) is 6.66. The zero-order chi connectivity index (χ0) is 18.4. The van der Waals surface area contributed by atoms with E-state index in [0.717, 1.165) is 24.3 Å². The first-order valence-corrected chi connectivity index (χ1v) is 8.26. The standard InChI is InChI=1S/C17H24F3N3O2/c1-12-8-23(9-13(2)25-12)10-14-5-3-4-6-15(14)21-7-16(24)22-11-17(18,19)20/h3-6,12-13,21H,7-11H2,1-2H3,(H,22,24)/t12-,13+. The molecule has 1 aromatic rings. The number of rotatable bonds is 6. The van der Waals surface area contributed by atoms with Gasteiger partial charge in [0.05, 0.1) is 18.8 Å². The van der Waals surface area contributed by atoms with Gasteiger partial charge in [-0.1, -0.05) is 18.2 Å². The van der Waals surface area contributed by atoms with Crippen molar-refractivity contribution in [3.63, 3.8) is 0 Å².